The van der Waals surface area contributed by atoms with Crippen molar-refractivity contribution in [2.24, 2.45) is 11.8 Å². The lowest BCUT2D eigenvalue weighted by Crippen LogP contribution is -2.28. The zero-order valence-electron chi connectivity index (χ0n) is 22.5. The van der Waals surface area contributed by atoms with Crippen molar-refractivity contribution < 1.29 is 37.6 Å². The van der Waals surface area contributed by atoms with E-state index in [1.165, 1.54) is 0 Å². The summed E-state index contributed by atoms with van der Waals surface area (Å²) in [6, 6.07) is 2.29. The van der Waals surface area contributed by atoms with E-state index < -0.39 is 56.7 Å². The van der Waals surface area contributed by atoms with Gasteiger partial charge < -0.3 is 19.4 Å². The van der Waals surface area contributed by atoms with Gasteiger partial charge in [-0.15, -0.1) is 0 Å². The summed E-state index contributed by atoms with van der Waals surface area (Å²) in [5.74, 6) is -0.167. The number of aliphatic hydroxyl groups excluding tert-OH is 1. The van der Waals surface area contributed by atoms with Gasteiger partial charge >= 0.3 is 15.4 Å². The summed E-state index contributed by atoms with van der Waals surface area (Å²) in [5.41, 5.74) is -3.04. The predicted molar refractivity (Wildman–Crippen MR) is 148 cm³/mol. The van der Waals surface area contributed by atoms with Crippen molar-refractivity contribution in [3.05, 3.63) is 53.5 Å². The molecule has 3 rings (SSSR count). The van der Waals surface area contributed by atoms with E-state index in [1.807, 2.05) is 13.8 Å². The molecule has 3 aromatic rings. The Kier molecular flexibility index (Phi) is 10.6. The third-order valence-electron chi connectivity index (χ3n) is 6.67. The molecule has 3 N–H and O–H groups in total. The Bertz CT molecular complexity index is 1460. The highest BCUT2D eigenvalue weighted by Gasteiger charge is 2.24. The first-order valence-corrected chi connectivity index (χ1v) is 16.1. The largest absolute Gasteiger partial charge is 0.472 e. The Morgan fingerprint density at radius 1 is 0.775 bits per heavy atom. The molecule has 4 unspecified atom stereocenters. The molecule has 40 heavy (non-hydrogen) atoms. The van der Waals surface area contributed by atoms with E-state index in [4.69, 9.17) is 18.7 Å². The lowest BCUT2D eigenvalue weighted by Gasteiger charge is -2.14. The van der Waals surface area contributed by atoms with Crippen molar-refractivity contribution in [2.45, 2.75) is 46.7 Å². The van der Waals surface area contributed by atoms with Gasteiger partial charge in [-0.05, 0) is 24.5 Å². The smallest absolute Gasteiger partial charge is 0.396 e. The van der Waals surface area contributed by atoms with Gasteiger partial charge in [0.2, 0.25) is 0 Å². The zero-order chi connectivity index (χ0) is 29.8. The number of hydrogen-bond acceptors (Lipinski definition) is 10. The molecule has 14 nitrogen and oxygen atoms in total. The first-order chi connectivity index (χ1) is 18.7. The van der Waals surface area contributed by atoms with Gasteiger partial charge in [0.05, 0.1) is 60.6 Å². The van der Waals surface area contributed by atoms with E-state index in [9.17, 15) is 38.1 Å². The molecule has 0 saturated carbocycles. The first kappa shape index (κ1) is 32.2. The molecule has 222 valence electrons. The molecule has 0 spiro atoms. The Hall–Kier alpha value is -2.28. The average molecular weight is 604 g/mol. The van der Waals surface area contributed by atoms with Crippen molar-refractivity contribution >= 4 is 37.0 Å². The molecule has 2 heterocycles. The van der Waals surface area contributed by atoms with Crippen LogP contribution in [0.4, 0.5) is 0 Å². The number of rotatable bonds is 16. The molecular formula is C24H34N2O12P2. The monoisotopic (exact) mass is 604 g/mol. The lowest BCUT2D eigenvalue weighted by molar-refractivity contribution is 0.112. The van der Waals surface area contributed by atoms with Crippen LogP contribution in [-0.2, 0) is 35.8 Å². The van der Waals surface area contributed by atoms with Gasteiger partial charge in [0.1, 0.15) is 0 Å². The maximum Gasteiger partial charge on any atom is 0.472 e. The molecule has 0 aliphatic heterocycles. The number of phosphoric ester groups is 1. The highest BCUT2D eigenvalue weighted by atomic mass is 31.2. The Morgan fingerprint density at radius 3 is 1.65 bits per heavy atom. The Labute approximate surface area is 228 Å². The lowest BCUT2D eigenvalue weighted by atomic mass is 10.1. The summed E-state index contributed by atoms with van der Waals surface area (Å²) in [7, 11) is -8.39. The van der Waals surface area contributed by atoms with Crippen molar-refractivity contribution in [2.75, 3.05) is 32.6 Å². The van der Waals surface area contributed by atoms with Crippen molar-refractivity contribution in [3.8, 4) is 0 Å². The molecule has 16 heteroatoms. The van der Waals surface area contributed by atoms with Crippen molar-refractivity contribution in [1.82, 2.24) is 9.13 Å². The van der Waals surface area contributed by atoms with Gasteiger partial charge in [-0.1, -0.05) is 27.2 Å². The number of phosphoric acid groups is 1. The zero-order valence-corrected chi connectivity index (χ0v) is 24.3. The summed E-state index contributed by atoms with van der Waals surface area (Å²) in [6.07, 6.45) is 1.29. The van der Waals surface area contributed by atoms with Gasteiger partial charge in [-0.2, -0.15) is 0 Å². The van der Waals surface area contributed by atoms with Crippen LogP contribution in [0.15, 0.2) is 31.3 Å². The van der Waals surface area contributed by atoms with E-state index in [-0.39, 0.29) is 60.0 Å². The minimum Gasteiger partial charge on any atom is -0.396 e. The topological polar surface area (TPSA) is 201 Å². The van der Waals surface area contributed by atoms with Crippen LogP contribution in [0, 0.1) is 11.8 Å². The molecule has 4 atom stereocenters. The van der Waals surface area contributed by atoms with Crippen LogP contribution in [0.25, 0.3) is 21.5 Å². The number of hydrogen-bond donors (Lipinski definition) is 3. The molecule has 2 aromatic heterocycles. The second-order valence-electron chi connectivity index (χ2n) is 9.85. The third kappa shape index (κ3) is 7.51. The van der Waals surface area contributed by atoms with Gasteiger partial charge in [-0.25, -0.2) is 4.57 Å². The first-order valence-electron chi connectivity index (χ1n) is 12.8. The number of aromatic nitrogens is 2. The highest BCUT2D eigenvalue weighted by Crippen LogP contribution is 2.44. The predicted octanol–water partition coefficient (Wildman–Crippen LogP) is 1.31. The summed E-state index contributed by atoms with van der Waals surface area (Å²) in [4.78, 5) is 71.3. The second kappa shape index (κ2) is 13.1. The van der Waals surface area contributed by atoms with Gasteiger partial charge in [0.15, 0.2) is 0 Å². The van der Waals surface area contributed by atoms with Crippen molar-refractivity contribution in [3.63, 3.8) is 0 Å². The average Bonchev–Trinajstić information content (AvgIpc) is 3.28. The van der Waals surface area contributed by atoms with E-state index in [0.717, 1.165) is 27.7 Å². The van der Waals surface area contributed by atoms with Crippen LogP contribution < -0.4 is 22.2 Å². The van der Waals surface area contributed by atoms with Gasteiger partial charge in [0.25, 0.3) is 22.2 Å². The molecule has 1 aromatic carbocycles. The fraction of sp³-hybridized carbons (Fsp3) is 0.583. The van der Waals surface area contributed by atoms with E-state index >= 15 is 0 Å². The fourth-order valence-corrected chi connectivity index (χ4v) is 6.06. The molecular weight excluding hydrogens is 570 g/mol. The summed E-state index contributed by atoms with van der Waals surface area (Å²) < 4.78 is 40.4. The number of benzene rings is 1. The molecule has 0 fully saturated rings. The standard InChI is InChI=1S/C24H34N2O12P2/c1-4-15(2)5-10-39(32,33)36-8-6-25-21(28)17-11-19-20(12-18(17)22(25)29)24(31)26(23(19)30)7-9-37-40(34,35)38-14-16(3)13-27/h11-12,15-16,27H,4-10,13-14H2,1-3H3,(H,32,33)(H,34,35). The summed E-state index contributed by atoms with van der Waals surface area (Å²) in [6.45, 7) is 3.41. The van der Waals surface area contributed by atoms with Crippen LogP contribution in [-0.4, -0.2) is 56.6 Å². The maximum atomic E-state index is 12.9. The Morgan fingerprint density at radius 2 is 1.23 bits per heavy atom. The molecule has 0 aliphatic carbocycles. The summed E-state index contributed by atoms with van der Waals surface area (Å²) >= 11 is 0. The number of fused-ring (bicyclic) bond motifs is 2. The molecule has 0 aliphatic rings. The molecule has 0 saturated heterocycles. The molecule has 0 bridgehead atoms. The number of nitrogens with zero attached hydrogens (tertiary/aromatic N) is 2. The van der Waals surface area contributed by atoms with Crippen LogP contribution in [0.1, 0.15) is 33.6 Å². The normalized spacial score (nSPS) is 16.8. The SMILES string of the molecule is CCC(C)CCP(=O)(O)OCCn1c(=O)c2cc3c(=O)n(CCOP(=O)(O)OCC(C)CO)c(=O)c3cc2c1=O. The van der Waals surface area contributed by atoms with Crippen LogP contribution in [0.2, 0.25) is 0 Å². The minimum absolute atomic E-state index is 0.0472. The van der Waals surface area contributed by atoms with Crippen molar-refractivity contribution in [1.29, 1.82) is 0 Å². The van der Waals surface area contributed by atoms with Gasteiger partial charge in [0, 0.05) is 12.5 Å². The van der Waals surface area contributed by atoms with E-state index in [0.29, 0.717) is 6.42 Å². The molecule has 0 radical (unpaired) electrons. The van der Waals surface area contributed by atoms with E-state index in [2.05, 4.69) is 0 Å². The quantitative estimate of drug-likeness (QED) is 0.198. The molecule has 0 amide bonds. The van der Waals surface area contributed by atoms with Crippen LogP contribution >= 0.6 is 15.4 Å². The number of aliphatic hydroxyl groups is 1. The Balaban J connectivity index is 1.77. The van der Waals surface area contributed by atoms with Crippen LogP contribution in [0.3, 0.4) is 0 Å². The highest BCUT2D eigenvalue weighted by molar-refractivity contribution is 7.52. The van der Waals surface area contributed by atoms with Crippen LogP contribution in [0.5, 0.6) is 0 Å². The fourth-order valence-electron chi connectivity index (χ4n) is 3.97. The maximum absolute atomic E-state index is 12.9. The minimum atomic E-state index is -4.49. The third-order valence-corrected chi connectivity index (χ3v) is 9.07. The summed E-state index contributed by atoms with van der Waals surface area (Å²) in [5, 5.41) is 8.54. The van der Waals surface area contributed by atoms with Gasteiger partial charge in [-0.3, -0.25) is 41.9 Å². The van der Waals surface area contributed by atoms with E-state index in [1.54, 1.807) is 6.92 Å². The second-order valence-corrected chi connectivity index (χ2v) is 13.3.